The minimum Gasteiger partial charge on any atom is -0.489 e. The first-order chi connectivity index (χ1) is 13.0. The van der Waals surface area contributed by atoms with Crippen LogP contribution in [-0.2, 0) is 16.1 Å². The Balaban J connectivity index is 2.07. The molecule has 1 unspecified atom stereocenters. The van der Waals surface area contributed by atoms with Gasteiger partial charge in [-0.25, -0.2) is 0 Å². The van der Waals surface area contributed by atoms with E-state index in [0.29, 0.717) is 19.1 Å². The molecule has 27 heavy (non-hydrogen) atoms. The Labute approximate surface area is 163 Å². The smallest absolute Gasteiger partial charge is 0.302 e. The lowest BCUT2D eigenvalue weighted by atomic mass is 9.91. The molecule has 1 atom stereocenters. The highest BCUT2D eigenvalue weighted by molar-refractivity contribution is 5.65. The molecule has 3 nitrogen and oxygen atoms in total. The highest BCUT2D eigenvalue weighted by atomic mass is 16.5. The molecule has 0 radical (unpaired) electrons. The summed E-state index contributed by atoms with van der Waals surface area (Å²) in [4.78, 5) is 11.1. The molecule has 144 valence electrons. The zero-order chi connectivity index (χ0) is 19.6. The normalized spacial score (nSPS) is 11.6. The first-order valence-corrected chi connectivity index (χ1v) is 9.49. The Morgan fingerprint density at radius 3 is 2.44 bits per heavy atom. The van der Waals surface area contributed by atoms with Gasteiger partial charge in [-0.15, -0.1) is 0 Å². The average molecular weight is 367 g/mol. The van der Waals surface area contributed by atoms with E-state index >= 15 is 0 Å². The number of carbonyl (C=O) groups excluding carboxylic acids is 1. The van der Waals surface area contributed by atoms with Crippen LogP contribution in [0.3, 0.4) is 0 Å². The fourth-order valence-corrected chi connectivity index (χ4v) is 2.97. The van der Waals surface area contributed by atoms with Gasteiger partial charge in [0.05, 0.1) is 6.61 Å². The third-order valence-electron chi connectivity index (χ3n) is 4.49. The molecule has 0 amide bonds. The zero-order valence-electron chi connectivity index (χ0n) is 16.8. The summed E-state index contributed by atoms with van der Waals surface area (Å²) in [6.45, 7) is 8.75. The van der Waals surface area contributed by atoms with Crippen LogP contribution in [0.2, 0.25) is 0 Å². The fraction of sp³-hybridized carbons (Fsp3) is 0.375. The van der Waals surface area contributed by atoms with Crippen molar-refractivity contribution in [2.24, 2.45) is 0 Å². The van der Waals surface area contributed by atoms with Crippen LogP contribution in [-0.4, -0.2) is 12.6 Å². The maximum atomic E-state index is 11.1. The maximum absolute atomic E-state index is 11.1. The second-order valence-electron chi connectivity index (χ2n) is 7.14. The van der Waals surface area contributed by atoms with Crippen molar-refractivity contribution in [2.45, 2.75) is 53.1 Å². The van der Waals surface area contributed by atoms with Gasteiger partial charge < -0.3 is 9.47 Å². The molecule has 2 aromatic rings. The monoisotopic (exact) mass is 366 g/mol. The number of hydrogen-bond donors (Lipinski definition) is 0. The van der Waals surface area contributed by atoms with Crippen LogP contribution >= 0.6 is 0 Å². The average Bonchev–Trinajstić information content (AvgIpc) is 2.64. The van der Waals surface area contributed by atoms with Gasteiger partial charge in [-0.3, -0.25) is 4.79 Å². The highest BCUT2D eigenvalue weighted by Crippen LogP contribution is 2.29. The molecular formula is C24H30O3. The molecule has 0 heterocycles. The van der Waals surface area contributed by atoms with Crippen LogP contribution in [0.25, 0.3) is 0 Å². The Morgan fingerprint density at radius 2 is 1.81 bits per heavy atom. The van der Waals surface area contributed by atoms with E-state index in [0.717, 1.165) is 29.7 Å². The van der Waals surface area contributed by atoms with Crippen molar-refractivity contribution in [3.63, 3.8) is 0 Å². The summed E-state index contributed by atoms with van der Waals surface area (Å²) in [6, 6.07) is 16.5. The second kappa shape index (κ2) is 10.6. The minimum atomic E-state index is -0.225. The van der Waals surface area contributed by atoms with E-state index in [1.165, 1.54) is 18.1 Å². The molecule has 0 bridgehead atoms. The van der Waals surface area contributed by atoms with E-state index in [4.69, 9.17) is 9.47 Å². The molecular weight excluding hydrogens is 336 g/mol. The first kappa shape index (κ1) is 20.8. The largest absolute Gasteiger partial charge is 0.489 e. The van der Waals surface area contributed by atoms with Gasteiger partial charge in [-0.1, -0.05) is 54.1 Å². The van der Waals surface area contributed by atoms with Gasteiger partial charge in [-0.2, -0.15) is 0 Å². The van der Waals surface area contributed by atoms with E-state index < -0.39 is 0 Å². The molecule has 0 aromatic heterocycles. The van der Waals surface area contributed by atoms with Crippen molar-refractivity contribution in [1.82, 2.24) is 0 Å². The van der Waals surface area contributed by atoms with Crippen molar-refractivity contribution in [1.29, 1.82) is 0 Å². The van der Waals surface area contributed by atoms with Crippen LogP contribution in [0.15, 0.2) is 60.2 Å². The number of benzene rings is 2. The molecule has 0 aliphatic rings. The van der Waals surface area contributed by atoms with Crippen molar-refractivity contribution in [3.05, 3.63) is 76.9 Å². The summed E-state index contributed by atoms with van der Waals surface area (Å²) in [5, 5.41) is 0. The SMILES string of the molecule is CC(=O)OCCC(CC=C(C)C)c1ccc(OCc2ccccc2)c(C)c1. The molecule has 0 fully saturated rings. The van der Waals surface area contributed by atoms with Gasteiger partial charge in [-0.05, 0) is 62.3 Å². The van der Waals surface area contributed by atoms with Gasteiger partial charge >= 0.3 is 5.97 Å². The molecule has 0 aliphatic heterocycles. The third kappa shape index (κ3) is 7.30. The van der Waals surface area contributed by atoms with E-state index in [1.807, 2.05) is 18.2 Å². The van der Waals surface area contributed by atoms with Crippen molar-refractivity contribution in [2.75, 3.05) is 6.61 Å². The van der Waals surface area contributed by atoms with Crippen LogP contribution < -0.4 is 4.74 Å². The number of rotatable bonds is 9. The summed E-state index contributed by atoms with van der Waals surface area (Å²) in [6.07, 6.45) is 3.99. The van der Waals surface area contributed by atoms with Crippen molar-refractivity contribution in [3.8, 4) is 5.75 Å². The minimum absolute atomic E-state index is 0.225. The second-order valence-corrected chi connectivity index (χ2v) is 7.14. The third-order valence-corrected chi connectivity index (χ3v) is 4.49. The number of ether oxygens (including phenoxy) is 2. The Morgan fingerprint density at radius 1 is 1.07 bits per heavy atom. The lowest BCUT2D eigenvalue weighted by Gasteiger charge is -2.18. The standard InChI is InChI=1S/C24H30O3/c1-18(2)10-11-22(14-15-26-20(4)25)23-12-13-24(19(3)16-23)27-17-21-8-6-5-7-9-21/h5-10,12-13,16,22H,11,14-15,17H2,1-4H3. The molecule has 0 saturated carbocycles. The van der Waals surface area contributed by atoms with Gasteiger partial charge in [0.15, 0.2) is 0 Å². The molecule has 0 saturated heterocycles. The van der Waals surface area contributed by atoms with Gasteiger partial charge in [0, 0.05) is 6.92 Å². The Kier molecular flexibility index (Phi) is 8.12. The first-order valence-electron chi connectivity index (χ1n) is 9.49. The summed E-state index contributed by atoms with van der Waals surface area (Å²) in [5.41, 5.74) is 4.83. The van der Waals surface area contributed by atoms with E-state index in [9.17, 15) is 4.79 Å². The summed E-state index contributed by atoms with van der Waals surface area (Å²) < 4.78 is 11.1. The number of aryl methyl sites for hydroxylation is 1. The van der Waals surface area contributed by atoms with Crippen molar-refractivity contribution < 1.29 is 14.3 Å². The Hall–Kier alpha value is -2.55. The predicted octanol–water partition coefficient (Wildman–Crippen LogP) is 5.97. The van der Waals surface area contributed by atoms with E-state index in [-0.39, 0.29) is 5.97 Å². The highest BCUT2D eigenvalue weighted by Gasteiger charge is 2.13. The maximum Gasteiger partial charge on any atom is 0.302 e. The zero-order valence-corrected chi connectivity index (χ0v) is 16.8. The van der Waals surface area contributed by atoms with Crippen LogP contribution in [0, 0.1) is 6.92 Å². The van der Waals surface area contributed by atoms with Crippen molar-refractivity contribution >= 4 is 5.97 Å². The van der Waals surface area contributed by atoms with E-state index in [1.54, 1.807) is 0 Å². The Bertz CT molecular complexity index is 758. The van der Waals surface area contributed by atoms with Gasteiger partial charge in [0.25, 0.3) is 0 Å². The molecule has 2 aromatic carbocycles. The van der Waals surface area contributed by atoms with Crippen LogP contribution in [0.5, 0.6) is 5.75 Å². The van der Waals surface area contributed by atoms with Gasteiger partial charge in [0.1, 0.15) is 12.4 Å². The number of esters is 1. The van der Waals surface area contributed by atoms with Crippen LogP contribution in [0.4, 0.5) is 0 Å². The van der Waals surface area contributed by atoms with Crippen LogP contribution in [0.1, 0.15) is 56.2 Å². The molecule has 2 rings (SSSR count). The topological polar surface area (TPSA) is 35.5 Å². The number of carbonyl (C=O) groups is 1. The number of hydrogen-bond acceptors (Lipinski definition) is 3. The fourth-order valence-electron chi connectivity index (χ4n) is 2.97. The lowest BCUT2D eigenvalue weighted by Crippen LogP contribution is -2.07. The lowest BCUT2D eigenvalue weighted by molar-refractivity contribution is -0.141. The summed E-state index contributed by atoms with van der Waals surface area (Å²) >= 11 is 0. The summed E-state index contributed by atoms with van der Waals surface area (Å²) in [5.74, 6) is 1.00. The van der Waals surface area contributed by atoms with E-state index in [2.05, 4.69) is 57.2 Å². The molecule has 0 aliphatic carbocycles. The quantitative estimate of drug-likeness (QED) is 0.405. The molecule has 3 heteroatoms. The van der Waals surface area contributed by atoms with Gasteiger partial charge in [0.2, 0.25) is 0 Å². The summed E-state index contributed by atoms with van der Waals surface area (Å²) in [7, 11) is 0. The predicted molar refractivity (Wildman–Crippen MR) is 110 cm³/mol. The number of allylic oxidation sites excluding steroid dienone is 2. The molecule has 0 N–H and O–H groups in total. The molecule has 0 spiro atoms.